The van der Waals surface area contributed by atoms with Gasteiger partial charge in [-0.2, -0.15) is 16.9 Å². The quantitative estimate of drug-likeness (QED) is 0.525. The number of nitrogens with zero attached hydrogens (tertiary/aromatic N) is 3. The van der Waals surface area contributed by atoms with Gasteiger partial charge in [-0.15, -0.1) is 0 Å². The number of carbonyl (C=O) groups is 1. The van der Waals surface area contributed by atoms with E-state index in [2.05, 4.69) is 10.4 Å². The maximum absolute atomic E-state index is 13.3. The predicted molar refractivity (Wildman–Crippen MR) is 104 cm³/mol. The molecule has 2 aromatic carbocycles. The third-order valence-corrected chi connectivity index (χ3v) is 5.49. The highest BCUT2D eigenvalue weighted by Gasteiger charge is 2.25. The molecule has 1 aromatic heterocycles. The number of carbonyl (C=O) groups excluding carboxylic acids is 1. The molecule has 0 spiro atoms. The fourth-order valence-electron chi connectivity index (χ4n) is 3.04. The van der Waals surface area contributed by atoms with E-state index in [9.17, 15) is 19.3 Å². The second-order valence-corrected chi connectivity index (χ2v) is 7.35. The number of benzene rings is 2. The van der Waals surface area contributed by atoms with Crippen molar-refractivity contribution in [1.82, 2.24) is 9.78 Å². The second kappa shape index (κ2) is 7.08. The molecule has 1 N–H and O–H groups in total. The summed E-state index contributed by atoms with van der Waals surface area (Å²) in [6.07, 6.45) is 0. The van der Waals surface area contributed by atoms with Gasteiger partial charge in [0.05, 0.1) is 16.3 Å². The molecule has 0 fully saturated rings. The van der Waals surface area contributed by atoms with E-state index in [-0.39, 0.29) is 17.1 Å². The Kier molecular flexibility index (Phi) is 4.60. The number of amides is 1. The van der Waals surface area contributed by atoms with Crippen LogP contribution in [0.1, 0.15) is 27.2 Å². The number of fused-ring (bicyclic) bond motifs is 1. The summed E-state index contributed by atoms with van der Waals surface area (Å²) in [5.74, 6) is 1.09. The number of nitrogens with one attached hydrogen (secondary N) is 1. The lowest BCUT2D eigenvalue weighted by atomic mass is 10.1. The molecule has 0 unspecified atom stereocenters. The Labute approximate surface area is 163 Å². The van der Waals surface area contributed by atoms with E-state index in [0.717, 1.165) is 17.0 Å². The second-order valence-electron chi connectivity index (χ2n) is 6.37. The molecule has 0 radical (unpaired) electrons. The first-order valence-electron chi connectivity index (χ1n) is 8.45. The van der Waals surface area contributed by atoms with Crippen LogP contribution in [0.25, 0.3) is 5.69 Å². The van der Waals surface area contributed by atoms with Gasteiger partial charge in [0.15, 0.2) is 0 Å². The van der Waals surface area contributed by atoms with Crippen molar-refractivity contribution in [2.24, 2.45) is 0 Å². The summed E-state index contributed by atoms with van der Waals surface area (Å²) >= 11 is 1.68. The zero-order valence-corrected chi connectivity index (χ0v) is 15.6. The van der Waals surface area contributed by atoms with Crippen molar-refractivity contribution < 1.29 is 14.1 Å². The minimum atomic E-state index is -0.511. The molecule has 3 aromatic rings. The lowest BCUT2D eigenvalue weighted by molar-refractivity contribution is -0.385. The van der Waals surface area contributed by atoms with Crippen molar-refractivity contribution in [3.63, 3.8) is 0 Å². The molecule has 0 saturated carbocycles. The van der Waals surface area contributed by atoms with Crippen LogP contribution >= 0.6 is 11.8 Å². The number of hydrogen-bond acceptors (Lipinski definition) is 5. The topological polar surface area (TPSA) is 90.1 Å². The van der Waals surface area contributed by atoms with Gasteiger partial charge < -0.3 is 5.32 Å². The summed E-state index contributed by atoms with van der Waals surface area (Å²) in [5, 5.41) is 18.5. The van der Waals surface area contributed by atoms with Gasteiger partial charge in [0.2, 0.25) is 0 Å². The highest BCUT2D eigenvalue weighted by Crippen LogP contribution is 2.36. The van der Waals surface area contributed by atoms with Crippen molar-refractivity contribution in [3.05, 3.63) is 80.8 Å². The molecule has 7 nitrogen and oxygen atoms in total. The van der Waals surface area contributed by atoms with Crippen LogP contribution in [-0.2, 0) is 11.5 Å². The van der Waals surface area contributed by atoms with Gasteiger partial charge >= 0.3 is 0 Å². The lowest BCUT2D eigenvalue weighted by Gasteiger charge is -2.11. The first-order chi connectivity index (χ1) is 13.4. The lowest BCUT2D eigenvalue weighted by Crippen LogP contribution is -2.16. The molecule has 1 aliphatic heterocycles. The predicted octanol–water partition coefficient (Wildman–Crippen LogP) is 4.23. The molecule has 9 heteroatoms. The van der Waals surface area contributed by atoms with E-state index in [1.165, 1.54) is 18.2 Å². The monoisotopic (exact) mass is 398 g/mol. The van der Waals surface area contributed by atoms with Crippen LogP contribution in [0.4, 0.5) is 15.9 Å². The van der Waals surface area contributed by atoms with Gasteiger partial charge in [-0.1, -0.05) is 6.07 Å². The molecular formula is C19H15FN4O3S. The summed E-state index contributed by atoms with van der Waals surface area (Å²) < 4.78 is 14.8. The molecular weight excluding hydrogens is 383 g/mol. The zero-order chi connectivity index (χ0) is 19.8. The minimum Gasteiger partial charge on any atom is -0.306 e. The Morgan fingerprint density at radius 1 is 1.25 bits per heavy atom. The standard InChI is InChI=1S/C19H15FN4O3S/c1-11-2-3-12(8-17(11)24(26)27)19(25)21-18-15-9-28-10-16(15)22-23(18)14-6-4-13(20)5-7-14/h2-8H,9-10H2,1H3,(H,21,25). The Hall–Kier alpha value is -3.20. The number of nitro benzene ring substituents is 1. The smallest absolute Gasteiger partial charge is 0.273 e. The van der Waals surface area contributed by atoms with Crippen LogP contribution in [0.3, 0.4) is 0 Å². The Balaban J connectivity index is 1.72. The van der Waals surface area contributed by atoms with Crippen molar-refractivity contribution >= 4 is 29.2 Å². The minimum absolute atomic E-state index is 0.111. The molecule has 2 heterocycles. The third-order valence-electron chi connectivity index (χ3n) is 4.52. The van der Waals surface area contributed by atoms with Crippen LogP contribution < -0.4 is 5.32 Å². The average Bonchev–Trinajstić information content (AvgIpc) is 3.25. The SMILES string of the molecule is Cc1ccc(C(=O)Nc2c3c(nn2-c2ccc(F)cc2)CSC3)cc1[N+](=O)[O-]. The van der Waals surface area contributed by atoms with Gasteiger partial charge in [-0.05, 0) is 37.3 Å². The summed E-state index contributed by atoms with van der Waals surface area (Å²) in [6.45, 7) is 1.62. The number of aromatic nitrogens is 2. The average molecular weight is 398 g/mol. The molecule has 28 heavy (non-hydrogen) atoms. The number of nitro groups is 1. The molecule has 0 saturated heterocycles. The number of thioether (sulfide) groups is 1. The molecule has 0 aliphatic carbocycles. The summed E-state index contributed by atoms with van der Waals surface area (Å²) in [6, 6.07) is 10.2. The zero-order valence-electron chi connectivity index (χ0n) is 14.8. The van der Waals surface area contributed by atoms with E-state index in [0.29, 0.717) is 22.8 Å². The van der Waals surface area contributed by atoms with E-state index < -0.39 is 10.8 Å². The van der Waals surface area contributed by atoms with Crippen LogP contribution in [0.2, 0.25) is 0 Å². The van der Waals surface area contributed by atoms with Gasteiger partial charge in [0, 0.05) is 34.3 Å². The van der Waals surface area contributed by atoms with E-state index in [1.807, 2.05) is 0 Å². The highest BCUT2D eigenvalue weighted by atomic mass is 32.2. The Morgan fingerprint density at radius 2 is 2.00 bits per heavy atom. The molecule has 4 rings (SSSR count). The van der Waals surface area contributed by atoms with E-state index in [4.69, 9.17) is 0 Å². The van der Waals surface area contributed by atoms with Crippen LogP contribution in [-0.4, -0.2) is 20.6 Å². The molecule has 0 bridgehead atoms. The Bertz CT molecular complexity index is 1100. The number of halogens is 1. The fourth-order valence-corrected chi connectivity index (χ4v) is 4.07. The van der Waals surface area contributed by atoms with Gasteiger partial charge in [-0.25, -0.2) is 9.07 Å². The molecule has 1 amide bonds. The number of rotatable bonds is 4. The highest BCUT2D eigenvalue weighted by molar-refractivity contribution is 7.98. The van der Waals surface area contributed by atoms with Crippen LogP contribution in [0.5, 0.6) is 0 Å². The van der Waals surface area contributed by atoms with Crippen molar-refractivity contribution in [3.8, 4) is 5.69 Å². The number of hydrogen-bond donors (Lipinski definition) is 1. The summed E-state index contributed by atoms with van der Waals surface area (Å²) in [5.41, 5.74) is 2.94. The normalized spacial score (nSPS) is 12.6. The van der Waals surface area contributed by atoms with Gasteiger partial charge in [-0.3, -0.25) is 14.9 Å². The van der Waals surface area contributed by atoms with Gasteiger partial charge in [0.25, 0.3) is 11.6 Å². The van der Waals surface area contributed by atoms with E-state index in [1.54, 1.807) is 47.6 Å². The number of anilines is 1. The van der Waals surface area contributed by atoms with E-state index >= 15 is 0 Å². The molecule has 0 atom stereocenters. The molecule has 1 aliphatic rings. The van der Waals surface area contributed by atoms with Crippen molar-refractivity contribution in [2.75, 3.05) is 5.32 Å². The Morgan fingerprint density at radius 3 is 2.71 bits per heavy atom. The summed E-state index contributed by atoms with van der Waals surface area (Å²) in [4.78, 5) is 23.4. The van der Waals surface area contributed by atoms with Crippen molar-refractivity contribution in [1.29, 1.82) is 0 Å². The fraction of sp³-hybridized carbons (Fsp3) is 0.158. The number of aryl methyl sites for hydroxylation is 1. The molecule has 142 valence electrons. The largest absolute Gasteiger partial charge is 0.306 e. The van der Waals surface area contributed by atoms with Crippen LogP contribution in [0, 0.1) is 22.9 Å². The van der Waals surface area contributed by atoms with Crippen LogP contribution in [0.15, 0.2) is 42.5 Å². The first-order valence-corrected chi connectivity index (χ1v) is 9.60. The van der Waals surface area contributed by atoms with Crippen molar-refractivity contribution in [2.45, 2.75) is 18.4 Å². The maximum Gasteiger partial charge on any atom is 0.273 e. The summed E-state index contributed by atoms with van der Waals surface area (Å²) in [7, 11) is 0. The first kappa shape index (κ1) is 18.2. The third kappa shape index (κ3) is 3.24. The maximum atomic E-state index is 13.3. The van der Waals surface area contributed by atoms with Gasteiger partial charge in [0.1, 0.15) is 11.6 Å².